The van der Waals surface area contributed by atoms with Crippen LogP contribution < -0.4 is 0 Å². The fourth-order valence-electron chi connectivity index (χ4n) is 0.911. The number of ether oxygens (including phenoxy) is 1. The lowest BCUT2D eigenvalue weighted by atomic mass is 10.3. The van der Waals surface area contributed by atoms with Crippen molar-refractivity contribution in [1.29, 1.82) is 0 Å². The van der Waals surface area contributed by atoms with Gasteiger partial charge in [-0.1, -0.05) is 31.8 Å². The molecule has 0 aliphatic carbocycles. The van der Waals surface area contributed by atoms with Crippen LogP contribution in [0.2, 0.25) is 25.7 Å². The number of rotatable bonds is 6. The van der Waals surface area contributed by atoms with Crippen LogP contribution in [0.5, 0.6) is 0 Å². The highest BCUT2D eigenvalue weighted by molar-refractivity contribution is 6.76. The quantitative estimate of drug-likeness (QED) is 0.385. The van der Waals surface area contributed by atoms with Crippen LogP contribution in [0, 0.1) is 0 Å². The third kappa shape index (κ3) is 9.51. The molecule has 0 aromatic heterocycles. The molecule has 0 aromatic carbocycles. The third-order valence-electron chi connectivity index (χ3n) is 1.87. The molecule has 0 heterocycles. The fraction of sp³-hybridized carbons (Fsp3) is 0.727. The summed E-state index contributed by atoms with van der Waals surface area (Å²) in [5, 5.41) is 0. The zero-order chi connectivity index (χ0) is 11.0. The van der Waals surface area contributed by atoms with Crippen molar-refractivity contribution in [1.82, 2.24) is 0 Å². The van der Waals surface area contributed by atoms with Crippen LogP contribution in [-0.4, -0.2) is 20.7 Å². The molecule has 0 bridgehead atoms. The van der Waals surface area contributed by atoms with Crippen molar-refractivity contribution in [3.8, 4) is 0 Å². The van der Waals surface area contributed by atoms with E-state index in [0.29, 0.717) is 13.0 Å². The Hall–Kier alpha value is -0.573. The molecule has 0 saturated carbocycles. The second-order valence-corrected chi connectivity index (χ2v) is 10.3. The second kappa shape index (κ2) is 6.82. The van der Waals surface area contributed by atoms with Gasteiger partial charge in [-0.25, -0.2) is 0 Å². The maximum Gasteiger partial charge on any atom is 0.306 e. The molecule has 0 spiro atoms. The van der Waals surface area contributed by atoms with E-state index in [-0.39, 0.29) is 5.97 Å². The van der Waals surface area contributed by atoms with Gasteiger partial charge in [0.15, 0.2) is 0 Å². The van der Waals surface area contributed by atoms with E-state index in [0.717, 1.165) is 12.5 Å². The number of carbonyl (C=O) groups excluding carboxylic acids is 1. The first-order chi connectivity index (χ1) is 6.45. The van der Waals surface area contributed by atoms with Gasteiger partial charge in [-0.15, -0.1) is 0 Å². The minimum absolute atomic E-state index is 0.0682. The lowest BCUT2D eigenvalue weighted by Crippen LogP contribution is -2.22. The Labute approximate surface area is 88.4 Å². The topological polar surface area (TPSA) is 26.3 Å². The summed E-state index contributed by atoms with van der Waals surface area (Å²) in [5.41, 5.74) is 0. The molecule has 0 aliphatic heterocycles. The van der Waals surface area contributed by atoms with E-state index in [1.807, 2.05) is 19.1 Å². The molecule has 0 aromatic rings. The maximum atomic E-state index is 11.2. The van der Waals surface area contributed by atoms with Crippen molar-refractivity contribution in [2.75, 3.05) is 6.61 Å². The highest BCUT2D eigenvalue weighted by Gasteiger charge is 2.13. The van der Waals surface area contributed by atoms with Crippen LogP contribution in [-0.2, 0) is 9.53 Å². The van der Waals surface area contributed by atoms with Gasteiger partial charge < -0.3 is 4.74 Å². The Morgan fingerprint density at radius 1 is 1.36 bits per heavy atom. The van der Waals surface area contributed by atoms with E-state index in [1.165, 1.54) is 0 Å². The van der Waals surface area contributed by atoms with Gasteiger partial charge in [-0.3, -0.25) is 4.79 Å². The van der Waals surface area contributed by atoms with Crippen molar-refractivity contribution in [3.63, 3.8) is 0 Å². The molecule has 14 heavy (non-hydrogen) atoms. The van der Waals surface area contributed by atoms with Gasteiger partial charge in [0, 0.05) is 14.5 Å². The summed E-state index contributed by atoms with van der Waals surface area (Å²) in [5.74, 6) is -0.0682. The minimum Gasteiger partial charge on any atom is -0.466 e. The second-order valence-electron chi connectivity index (χ2n) is 4.64. The summed E-state index contributed by atoms with van der Waals surface area (Å²) in [6.07, 6.45) is 5.24. The highest BCUT2D eigenvalue weighted by Crippen LogP contribution is 2.08. The van der Waals surface area contributed by atoms with E-state index >= 15 is 0 Å². The molecule has 0 N–H and O–H groups in total. The number of esters is 1. The van der Waals surface area contributed by atoms with E-state index in [9.17, 15) is 4.79 Å². The summed E-state index contributed by atoms with van der Waals surface area (Å²) in [4.78, 5) is 11.2. The lowest BCUT2D eigenvalue weighted by Gasteiger charge is -2.14. The molecule has 0 aliphatic rings. The summed E-state index contributed by atoms with van der Waals surface area (Å²) in [7, 11) is -1.05. The summed E-state index contributed by atoms with van der Waals surface area (Å²) >= 11 is 0. The smallest absolute Gasteiger partial charge is 0.306 e. The van der Waals surface area contributed by atoms with Crippen molar-refractivity contribution in [2.45, 2.75) is 45.5 Å². The molecule has 3 heteroatoms. The first-order valence-corrected chi connectivity index (χ1v) is 8.93. The van der Waals surface area contributed by atoms with Gasteiger partial charge in [-0.05, 0) is 19.4 Å². The number of carbonyl (C=O) groups is 1. The highest BCUT2D eigenvalue weighted by atomic mass is 28.3. The maximum absolute atomic E-state index is 11.2. The number of hydrogen-bond donors (Lipinski definition) is 0. The Balaban J connectivity index is 3.45. The normalized spacial score (nSPS) is 12.0. The monoisotopic (exact) mass is 214 g/mol. The molecule has 0 saturated heterocycles. The Kier molecular flexibility index (Phi) is 6.54. The summed E-state index contributed by atoms with van der Waals surface area (Å²) < 4.78 is 5.13. The summed E-state index contributed by atoms with van der Waals surface area (Å²) in [6.45, 7) is 9.39. The van der Waals surface area contributed by atoms with Gasteiger partial charge in [0.2, 0.25) is 0 Å². The van der Waals surface area contributed by atoms with Gasteiger partial charge >= 0.3 is 5.97 Å². The first kappa shape index (κ1) is 13.4. The zero-order valence-electron chi connectivity index (χ0n) is 9.80. The van der Waals surface area contributed by atoms with Crippen LogP contribution in [0.1, 0.15) is 19.8 Å². The van der Waals surface area contributed by atoms with E-state index in [4.69, 9.17) is 4.74 Å². The van der Waals surface area contributed by atoms with Crippen LogP contribution in [0.4, 0.5) is 0 Å². The fourth-order valence-corrected chi connectivity index (χ4v) is 1.63. The van der Waals surface area contributed by atoms with Crippen LogP contribution in [0.3, 0.4) is 0 Å². The van der Waals surface area contributed by atoms with Crippen molar-refractivity contribution in [2.24, 2.45) is 0 Å². The molecular weight excluding hydrogens is 192 g/mol. The predicted octanol–water partition coefficient (Wildman–Crippen LogP) is 3.22. The average molecular weight is 214 g/mol. The molecule has 0 fully saturated rings. The van der Waals surface area contributed by atoms with Crippen LogP contribution >= 0.6 is 0 Å². The molecular formula is C11H22O2Si. The van der Waals surface area contributed by atoms with E-state index < -0.39 is 8.07 Å². The molecule has 0 amide bonds. The van der Waals surface area contributed by atoms with Crippen LogP contribution in [0.25, 0.3) is 0 Å². The van der Waals surface area contributed by atoms with Crippen molar-refractivity contribution in [3.05, 3.63) is 12.2 Å². The lowest BCUT2D eigenvalue weighted by molar-refractivity contribution is -0.143. The SMILES string of the molecule is CC=CCCC(=O)OCC[Si](C)(C)C. The standard InChI is InChI=1S/C11H22O2Si/c1-5-6-7-8-11(12)13-9-10-14(2,3)4/h5-6H,7-10H2,1-4H3. The van der Waals surface area contributed by atoms with Crippen molar-refractivity contribution >= 4 is 14.0 Å². The largest absolute Gasteiger partial charge is 0.466 e. The minimum atomic E-state index is -1.05. The molecule has 82 valence electrons. The van der Waals surface area contributed by atoms with Crippen LogP contribution in [0.15, 0.2) is 12.2 Å². The average Bonchev–Trinajstić information content (AvgIpc) is 2.02. The predicted molar refractivity (Wildman–Crippen MR) is 63.2 cm³/mol. The summed E-state index contributed by atoms with van der Waals surface area (Å²) in [6, 6.07) is 1.06. The first-order valence-electron chi connectivity index (χ1n) is 5.22. The third-order valence-corrected chi connectivity index (χ3v) is 3.57. The van der Waals surface area contributed by atoms with E-state index in [1.54, 1.807) is 0 Å². The molecule has 0 rings (SSSR count). The van der Waals surface area contributed by atoms with Gasteiger partial charge in [0.1, 0.15) is 0 Å². The van der Waals surface area contributed by atoms with Crippen molar-refractivity contribution < 1.29 is 9.53 Å². The Morgan fingerprint density at radius 2 is 2.00 bits per heavy atom. The number of allylic oxidation sites excluding steroid dienone is 2. The Morgan fingerprint density at radius 3 is 2.50 bits per heavy atom. The number of hydrogen-bond acceptors (Lipinski definition) is 2. The van der Waals surface area contributed by atoms with Gasteiger partial charge in [-0.2, -0.15) is 0 Å². The zero-order valence-corrected chi connectivity index (χ0v) is 10.8. The molecule has 2 nitrogen and oxygen atoms in total. The van der Waals surface area contributed by atoms with Gasteiger partial charge in [0.25, 0.3) is 0 Å². The van der Waals surface area contributed by atoms with Gasteiger partial charge in [0.05, 0.1) is 6.61 Å². The molecule has 0 unspecified atom stereocenters. The Bertz CT molecular complexity index is 192. The molecule has 0 radical (unpaired) electrons. The molecule has 0 atom stereocenters. The van der Waals surface area contributed by atoms with E-state index in [2.05, 4.69) is 19.6 Å².